The standard InChI is InChI=1S/C17H26N2O4/c1-17(2,3)16(21)19-9-8-15(20)18-10-11-23-14-7-5-6-13(12-14)22-4/h5-7,12H,8-11H2,1-4H3,(H,18,20)(H,19,21). The molecule has 0 radical (unpaired) electrons. The van der Waals surface area contributed by atoms with Crippen molar-refractivity contribution in [1.29, 1.82) is 0 Å². The Kier molecular flexibility index (Phi) is 7.38. The number of carbonyl (C=O) groups is 2. The van der Waals surface area contributed by atoms with Crippen LogP contribution >= 0.6 is 0 Å². The van der Waals surface area contributed by atoms with Crippen molar-refractivity contribution >= 4 is 11.8 Å². The van der Waals surface area contributed by atoms with E-state index in [0.29, 0.717) is 25.4 Å². The third-order valence-electron chi connectivity index (χ3n) is 3.05. The summed E-state index contributed by atoms with van der Waals surface area (Å²) in [7, 11) is 1.60. The van der Waals surface area contributed by atoms with Crippen LogP contribution in [0, 0.1) is 5.41 Å². The number of hydrogen-bond donors (Lipinski definition) is 2. The van der Waals surface area contributed by atoms with E-state index in [1.165, 1.54) is 0 Å². The maximum absolute atomic E-state index is 11.6. The molecular weight excluding hydrogens is 296 g/mol. The van der Waals surface area contributed by atoms with Crippen molar-refractivity contribution in [2.45, 2.75) is 27.2 Å². The van der Waals surface area contributed by atoms with Crippen molar-refractivity contribution in [1.82, 2.24) is 10.6 Å². The maximum atomic E-state index is 11.6. The normalized spacial score (nSPS) is 10.8. The molecule has 0 spiro atoms. The van der Waals surface area contributed by atoms with E-state index in [9.17, 15) is 9.59 Å². The summed E-state index contributed by atoms with van der Waals surface area (Å²) >= 11 is 0. The minimum atomic E-state index is -0.443. The lowest BCUT2D eigenvalue weighted by Crippen LogP contribution is -2.37. The van der Waals surface area contributed by atoms with E-state index in [0.717, 1.165) is 5.75 Å². The Bertz CT molecular complexity index is 524. The van der Waals surface area contributed by atoms with Gasteiger partial charge in [-0.1, -0.05) is 26.8 Å². The zero-order valence-corrected chi connectivity index (χ0v) is 14.3. The summed E-state index contributed by atoms with van der Waals surface area (Å²) in [5.74, 6) is 1.23. The Morgan fingerprint density at radius 3 is 2.43 bits per heavy atom. The minimum absolute atomic E-state index is 0.0633. The molecule has 23 heavy (non-hydrogen) atoms. The van der Waals surface area contributed by atoms with Gasteiger partial charge in [-0.3, -0.25) is 9.59 Å². The van der Waals surface area contributed by atoms with Crippen LogP contribution in [0.15, 0.2) is 24.3 Å². The van der Waals surface area contributed by atoms with E-state index in [1.807, 2.05) is 39.0 Å². The average molecular weight is 322 g/mol. The van der Waals surface area contributed by atoms with Crippen LogP contribution in [0.3, 0.4) is 0 Å². The highest BCUT2D eigenvalue weighted by atomic mass is 16.5. The summed E-state index contributed by atoms with van der Waals surface area (Å²) in [4.78, 5) is 23.3. The van der Waals surface area contributed by atoms with Gasteiger partial charge >= 0.3 is 0 Å². The second-order valence-electron chi connectivity index (χ2n) is 6.13. The lowest BCUT2D eigenvalue weighted by Gasteiger charge is -2.17. The Labute approximate surface area is 137 Å². The molecule has 6 nitrogen and oxygen atoms in total. The number of rotatable bonds is 8. The Balaban J connectivity index is 2.15. The second kappa shape index (κ2) is 9.02. The molecule has 2 amide bonds. The molecule has 6 heteroatoms. The monoisotopic (exact) mass is 322 g/mol. The highest BCUT2D eigenvalue weighted by molar-refractivity contribution is 5.82. The number of ether oxygens (including phenoxy) is 2. The lowest BCUT2D eigenvalue weighted by molar-refractivity contribution is -0.128. The molecule has 0 aliphatic rings. The predicted octanol–water partition coefficient (Wildman–Crippen LogP) is 1.74. The summed E-state index contributed by atoms with van der Waals surface area (Å²) in [6.07, 6.45) is 0.251. The number of nitrogens with one attached hydrogen (secondary N) is 2. The van der Waals surface area contributed by atoms with Crippen molar-refractivity contribution < 1.29 is 19.1 Å². The molecule has 128 valence electrons. The van der Waals surface area contributed by atoms with Gasteiger partial charge in [0.25, 0.3) is 0 Å². The van der Waals surface area contributed by atoms with Crippen LogP contribution < -0.4 is 20.1 Å². The number of methoxy groups -OCH3 is 1. The third kappa shape index (κ3) is 7.54. The Morgan fingerprint density at radius 1 is 1.09 bits per heavy atom. The SMILES string of the molecule is COc1cccc(OCCNC(=O)CCNC(=O)C(C)(C)C)c1. The second-order valence-corrected chi connectivity index (χ2v) is 6.13. The first-order valence-electron chi connectivity index (χ1n) is 7.65. The largest absolute Gasteiger partial charge is 0.497 e. The highest BCUT2D eigenvalue weighted by Crippen LogP contribution is 2.18. The molecule has 0 bridgehead atoms. The van der Waals surface area contributed by atoms with Gasteiger partial charge in [-0.05, 0) is 12.1 Å². The van der Waals surface area contributed by atoms with Gasteiger partial charge in [0.2, 0.25) is 11.8 Å². The van der Waals surface area contributed by atoms with Crippen molar-refractivity contribution in [2.24, 2.45) is 5.41 Å². The fourth-order valence-electron chi connectivity index (χ4n) is 1.69. The zero-order valence-electron chi connectivity index (χ0n) is 14.3. The first kappa shape index (κ1) is 18.8. The summed E-state index contributed by atoms with van der Waals surface area (Å²) in [5.41, 5.74) is -0.443. The predicted molar refractivity (Wildman–Crippen MR) is 88.6 cm³/mol. The van der Waals surface area contributed by atoms with E-state index in [1.54, 1.807) is 13.2 Å². The molecule has 0 saturated heterocycles. The number of amides is 2. The molecule has 0 heterocycles. The molecular formula is C17H26N2O4. The van der Waals surface area contributed by atoms with Gasteiger partial charge in [-0.25, -0.2) is 0 Å². The molecule has 1 rings (SSSR count). The van der Waals surface area contributed by atoms with E-state index in [4.69, 9.17) is 9.47 Å². The Hall–Kier alpha value is -2.24. The van der Waals surface area contributed by atoms with Gasteiger partial charge < -0.3 is 20.1 Å². The minimum Gasteiger partial charge on any atom is -0.497 e. The first-order chi connectivity index (χ1) is 10.8. The smallest absolute Gasteiger partial charge is 0.225 e. The van der Waals surface area contributed by atoms with Gasteiger partial charge in [-0.2, -0.15) is 0 Å². The van der Waals surface area contributed by atoms with Gasteiger partial charge in [0.1, 0.15) is 18.1 Å². The lowest BCUT2D eigenvalue weighted by atomic mass is 9.96. The Morgan fingerprint density at radius 2 is 1.78 bits per heavy atom. The van der Waals surface area contributed by atoms with Crippen molar-refractivity contribution in [3.05, 3.63) is 24.3 Å². The fraction of sp³-hybridized carbons (Fsp3) is 0.529. The molecule has 0 aliphatic carbocycles. The van der Waals surface area contributed by atoms with E-state index in [-0.39, 0.29) is 18.2 Å². The molecule has 2 N–H and O–H groups in total. The summed E-state index contributed by atoms with van der Waals surface area (Å²) < 4.78 is 10.6. The summed E-state index contributed by atoms with van der Waals surface area (Å²) in [5, 5.41) is 5.49. The fourth-order valence-corrected chi connectivity index (χ4v) is 1.69. The van der Waals surface area contributed by atoms with Gasteiger partial charge in [0.05, 0.1) is 13.7 Å². The van der Waals surface area contributed by atoms with Crippen LogP contribution in [0.1, 0.15) is 27.2 Å². The number of benzene rings is 1. The van der Waals surface area contributed by atoms with Crippen LogP contribution in [0.4, 0.5) is 0 Å². The van der Waals surface area contributed by atoms with Crippen LogP contribution in [0.25, 0.3) is 0 Å². The van der Waals surface area contributed by atoms with E-state index >= 15 is 0 Å². The highest BCUT2D eigenvalue weighted by Gasteiger charge is 2.20. The number of hydrogen-bond acceptors (Lipinski definition) is 4. The molecule has 1 aromatic carbocycles. The number of carbonyl (C=O) groups excluding carboxylic acids is 2. The molecule has 0 unspecified atom stereocenters. The average Bonchev–Trinajstić information content (AvgIpc) is 2.50. The molecule has 0 aliphatic heterocycles. The third-order valence-corrected chi connectivity index (χ3v) is 3.05. The maximum Gasteiger partial charge on any atom is 0.225 e. The summed E-state index contributed by atoms with van der Waals surface area (Å²) in [6.45, 7) is 6.60. The van der Waals surface area contributed by atoms with Crippen molar-refractivity contribution in [3.63, 3.8) is 0 Å². The first-order valence-corrected chi connectivity index (χ1v) is 7.65. The summed E-state index contributed by atoms with van der Waals surface area (Å²) in [6, 6.07) is 7.28. The van der Waals surface area contributed by atoms with Gasteiger partial charge in [0.15, 0.2) is 0 Å². The molecule has 0 saturated carbocycles. The molecule has 0 atom stereocenters. The van der Waals surface area contributed by atoms with Crippen LogP contribution in [0.5, 0.6) is 11.5 Å². The van der Waals surface area contributed by atoms with Crippen LogP contribution in [-0.4, -0.2) is 38.6 Å². The topological polar surface area (TPSA) is 76.7 Å². The van der Waals surface area contributed by atoms with Crippen molar-refractivity contribution in [2.75, 3.05) is 26.8 Å². The van der Waals surface area contributed by atoms with Crippen LogP contribution in [-0.2, 0) is 9.59 Å². The molecule has 1 aromatic rings. The quantitative estimate of drug-likeness (QED) is 0.715. The van der Waals surface area contributed by atoms with Gasteiger partial charge in [-0.15, -0.1) is 0 Å². The van der Waals surface area contributed by atoms with E-state index < -0.39 is 5.41 Å². The van der Waals surface area contributed by atoms with Crippen molar-refractivity contribution in [3.8, 4) is 11.5 Å². The zero-order chi connectivity index (χ0) is 17.3. The van der Waals surface area contributed by atoms with Gasteiger partial charge in [0, 0.05) is 24.4 Å². The van der Waals surface area contributed by atoms with E-state index in [2.05, 4.69) is 10.6 Å². The molecule has 0 fully saturated rings. The van der Waals surface area contributed by atoms with Crippen LogP contribution in [0.2, 0.25) is 0 Å². The molecule has 0 aromatic heterocycles.